The van der Waals surface area contributed by atoms with Crippen LogP contribution in [0.3, 0.4) is 0 Å². The van der Waals surface area contributed by atoms with E-state index < -0.39 is 11.9 Å². The summed E-state index contributed by atoms with van der Waals surface area (Å²) in [5, 5.41) is 19.1. The minimum atomic E-state index is -0.518. The van der Waals surface area contributed by atoms with Crippen molar-refractivity contribution in [3.63, 3.8) is 0 Å². The van der Waals surface area contributed by atoms with E-state index in [0.717, 1.165) is 17.5 Å². The summed E-state index contributed by atoms with van der Waals surface area (Å²) in [7, 11) is 0. The molecule has 2 aromatic carbocycles. The number of nitriles is 1. The fourth-order valence-corrected chi connectivity index (χ4v) is 4.39. The summed E-state index contributed by atoms with van der Waals surface area (Å²) in [6, 6.07) is 12.9. The van der Waals surface area contributed by atoms with Crippen molar-refractivity contribution in [2.75, 3.05) is 10.6 Å². The van der Waals surface area contributed by atoms with Gasteiger partial charge in [-0.15, -0.1) is 5.53 Å². The molecule has 38 heavy (non-hydrogen) atoms. The molecule has 2 aromatic heterocycles. The van der Waals surface area contributed by atoms with Crippen LogP contribution in [0.4, 0.5) is 25.8 Å². The highest BCUT2D eigenvalue weighted by Gasteiger charge is 2.24. The summed E-state index contributed by atoms with van der Waals surface area (Å²) in [4.78, 5) is 8.24. The van der Waals surface area contributed by atoms with Crippen LogP contribution in [0.25, 0.3) is 10.9 Å². The molecule has 11 heteroatoms. The van der Waals surface area contributed by atoms with E-state index in [2.05, 4.69) is 37.6 Å². The van der Waals surface area contributed by atoms with E-state index >= 15 is 0 Å². The van der Waals surface area contributed by atoms with Crippen molar-refractivity contribution in [3.05, 3.63) is 101 Å². The zero-order valence-electron chi connectivity index (χ0n) is 20.4. The van der Waals surface area contributed by atoms with Gasteiger partial charge in [0.25, 0.3) is 0 Å². The zero-order valence-corrected chi connectivity index (χ0v) is 21.2. The Morgan fingerprint density at radius 3 is 2.50 bits per heavy atom. The van der Waals surface area contributed by atoms with Crippen molar-refractivity contribution in [2.24, 2.45) is 0 Å². The van der Waals surface area contributed by atoms with Crippen LogP contribution in [0.15, 0.2) is 73.0 Å². The number of anilines is 3. The second-order valence-electron chi connectivity index (χ2n) is 8.98. The summed E-state index contributed by atoms with van der Waals surface area (Å²) in [5.74, 6) is -0.856. The monoisotopic (exact) mass is 532 g/mol. The number of aromatic nitrogens is 2. The first-order chi connectivity index (χ1) is 18.3. The van der Waals surface area contributed by atoms with E-state index in [1.54, 1.807) is 18.2 Å². The lowest BCUT2D eigenvalue weighted by atomic mass is 10.0. The first-order valence-corrected chi connectivity index (χ1v) is 12.1. The van der Waals surface area contributed by atoms with Crippen LogP contribution in [-0.4, -0.2) is 21.0 Å². The lowest BCUT2D eigenvalue weighted by Gasteiger charge is -2.22. The molecular weight excluding hydrogens is 510 g/mol. The molecule has 1 atom stereocenters. The quantitative estimate of drug-likeness (QED) is 0.233. The van der Waals surface area contributed by atoms with Gasteiger partial charge in [-0.3, -0.25) is 15.0 Å². The third-order valence-corrected chi connectivity index (χ3v) is 6.30. The molecule has 4 aromatic rings. The van der Waals surface area contributed by atoms with Gasteiger partial charge in [-0.05, 0) is 43.7 Å². The molecule has 0 bridgehead atoms. The number of hydrogen-bond acceptors (Lipinski definition) is 8. The van der Waals surface area contributed by atoms with Gasteiger partial charge in [-0.1, -0.05) is 23.7 Å². The predicted molar refractivity (Wildman–Crippen MR) is 143 cm³/mol. The van der Waals surface area contributed by atoms with Gasteiger partial charge in [0.2, 0.25) is 0 Å². The maximum atomic E-state index is 13.8. The van der Waals surface area contributed by atoms with Crippen molar-refractivity contribution in [2.45, 2.75) is 25.9 Å². The van der Waals surface area contributed by atoms with E-state index in [9.17, 15) is 14.0 Å². The van der Waals surface area contributed by atoms with Gasteiger partial charge < -0.3 is 16.1 Å². The molecule has 0 spiro atoms. The summed E-state index contributed by atoms with van der Waals surface area (Å²) < 4.78 is 27.5. The molecule has 0 amide bonds. The number of hydrazine groups is 2. The normalized spacial score (nSPS) is 13.7. The van der Waals surface area contributed by atoms with Crippen LogP contribution < -0.4 is 21.6 Å². The van der Waals surface area contributed by atoms with E-state index in [4.69, 9.17) is 11.6 Å². The van der Waals surface area contributed by atoms with Crippen LogP contribution in [0.5, 0.6) is 0 Å². The largest absolute Gasteiger partial charge is 0.373 e. The van der Waals surface area contributed by atoms with Crippen LogP contribution in [0, 0.1) is 23.0 Å². The molecule has 192 valence electrons. The van der Waals surface area contributed by atoms with Crippen LogP contribution >= 0.6 is 11.6 Å². The van der Waals surface area contributed by atoms with Crippen molar-refractivity contribution < 1.29 is 8.78 Å². The van der Waals surface area contributed by atoms with E-state index in [0.29, 0.717) is 33.0 Å². The number of pyridine rings is 2. The van der Waals surface area contributed by atoms with Crippen LogP contribution in [-0.2, 0) is 0 Å². The van der Waals surface area contributed by atoms with E-state index in [1.165, 1.54) is 30.6 Å². The molecule has 3 heterocycles. The molecule has 1 aliphatic heterocycles. The average Bonchev–Trinajstić information content (AvgIpc) is 3.39. The second kappa shape index (κ2) is 10.5. The molecular formula is C27H23ClF2N8. The van der Waals surface area contributed by atoms with Gasteiger partial charge in [0.15, 0.2) is 0 Å². The molecule has 4 N–H and O–H groups in total. The lowest BCUT2D eigenvalue weighted by molar-refractivity contribution is 0.221. The van der Waals surface area contributed by atoms with Gasteiger partial charge in [0.1, 0.15) is 17.7 Å². The van der Waals surface area contributed by atoms with Gasteiger partial charge in [-0.2, -0.15) is 5.26 Å². The third kappa shape index (κ3) is 5.16. The highest BCUT2D eigenvalue weighted by atomic mass is 35.5. The average molecular weight is 533 g/mol. The van der Waals surface area contributed by atoms with E-state index in [1.807, 2.05) is 31.1 Å². The molecule has 8 nitrogen and oxygen atoms in total. The molecule has 0 fully saturated rings. The highest BCUT2D eigenvalue weighted by Crippen LogP contribution is 2.37. The van der Waals surface area contributed by atoms with Crippen molar-refractivity contribution >= 4 is 39.6 Å². The second-order valence-corrected chi connectivity index (χ2v) is 9.39. The van der Waals surface area contributed by atoms with Gasteiger partial charge in [0.05, 0.1) is 51.6 Å². The Labute approximate surface area is 222 Å². The maximum Gasteiger partial charge on any atom is 0.143 e. The number of hydrogen-bond donors (Lipinski definition) is 4. The number of halogens is 3. The summed E-state index contributed by atoms with van der Waals surface area (Å²) in [5.41, 5.74) is 10.0. The molecule has 0 saturated heterocycles. The fourth-order valence-electron chi connectivity index (χ4n) is 4.12. The minimum absolute atomic E-state index is 0.186. The van der Waals surface area contributed by atoms with E-state index in [-0.39, 0.29) is 17.4 Å². The summed E-state index contributed by atoms with van der Waals surface area (Å²) in [6.45, 7) is 4.08. The first kappa shape index (κ1) is 25.2. The number of nitrogens with one attached hydrogen (secondary N) is 4. The van der Waals surface area contributed by atoms with Gasteiger partial charge in [-0.25, -0.2) is 8.78 Å². The Hall–Kier alpha value is -4.46. The number of benzene rings is 2. The molecule has 0 radical (unpaired) electrons. The number of fused-ring (bicyclic) bond motifs is 1. The third-order valence-electron chi connectivity index (χ3n) is 6.01. The zero-order chi connectivity index (χ0) is 26.8. The predicted octanol–water partition coefficient (Wildman–Crippen LogP) is 5.90. The molecule has 1 unspecified atom stereocenters. The Morgan fingerprint density at radius 1 is 1.03 bits per heavy atom. The van der Waals surface area contributed by atoms with Crippen molar-refractivity contribution in [1.82, 2.24) is 25.9 Å². The Morgan fingerprint density at radius 2 is 1.82 bits per heavy atom. The first-order valence-electron chi connectivity index (χ1n) is 11.8. The highest BCUT2D eigenvalue weighted by molar-refractivity contribution is 6.36. The van der Waals surface area contributed by atoms with Crippen molar-refractivity contribution in [1.29, 1.82) is 5.26 Å². The smallest absolute Gasteiger partial charge is 0.143 e. The number of nitrogens with zero attached hydrogens (tertiary/aromatic N) is 4. The molecule has 1 aliphatic rings. The summed E-state index contributed by atoms with van der Waals surface area (Å²) >= 11 is 6.65. The maximum absolute atomic E-state index is 13.8. The summed E-state index contributed by atoms with van der Waals surface area (Å²) in [6.07, 6.45) is 5.90. The Bertz CT molecular complexity index is 1570. The Balaban J connectivity index is 1.59. The molecule has 5 rings (SSSR count). The number of rotatable bonds is 7. The van der Waals surface area contributed by atoms with Gasteiger partial charge in [0, 0.05) is 35.6 Å². The fraction of sp³-hybridized carbons (Fsp3) is 0.148. The SMILES string of the molecule is CC(C)N1C=C(C(Nc2cc(Cl)c3ncc(C#N)c(Nc4cncc(F)c4)c3c2)c2ccc(F)cc2)NN1. The lowest BCUT2D eigenvalue weighted by Crippen LogP contribution is -2.41. The van der Waals surface area contributed by atoms with Crippen LogP contribution in [0.2, 0.25) is 5.02 Å². The van der Waals surface area contributed by atoms with Crippen LogP contribution in [0.1, 0.15) is 31.0 Å². The topological polar surface area (TPSA) is 101 Å². The Kier molecular flexibility index (Phi) is 6.96. The standard InChI is InChI=1S/C27H23ClF2N8/c1-15(2)38-14-24(36-37-38)26(16-3-5-18(29)6-4-16)34-20-8-22-25(35-21-7-19(30)12-32-13-21)17(10-31)11-33-27(22)23(28)9-20/h3-9,11-15,26,34,36-37H,1-2H3,(H,33,35). The minimum Gasteiger partial charge on any atom is -0.373 e. The molecule has 0 saturated carbocycles. The molecule has 0 aliphatic carbocycles. The van der Waals surface area contributed by atoms with Gasteiger partial charge >= 0.3 is 0 Å². The van der Waals surface area contributed by atoms with Crippen molar-refractivity contribution in [3.8, 4) is 6.07 Å².